The summed E-state index contributed by atoms with van der Waals surface area (Å²) < 4.78 is 27.0. The van der Waals surface area contributed by atoms with Gasteiger partial charge in [-0.15, -0.1) is 11.3 Å². The molecule has 2 aromatic rings. The van der Waals surface area contributed by atoms with Gasteiger partial charge in [0.2, 0.25) is 0 Å². The van der Waals surface area contributed by atoms with Crippen LogP contribution in [0.3, 0.4) is 0 Å². The highest BCUT2D eigenvalue weighted by atomic mass is 35.5. The van der Waals surface area contributed by atoms with Crippen molar-refractivity contribution in [1.29, 1.82) is 0 Å². The number of anilines is 1. The zero-order valence-corrected chi connectivity index (χ0v) is 13.6. The molecule has 1 aromatic heterocycles. The lowest BCUT2D eigenvalue weighted by atomic mass is 10.2. The molecule has 0 aliphatic rings. The number of hydrogen-bond acceptors (Lipinski definition) is 4. The standard InChI is InChI=1S/C13H12ClNO4S2/c1-7-3-4-9(5-10(7)14)15-21(18,19)12-6-11(13(16)17)20-8(12)2/h3-6,15H,1-2H3,(H,16,17). The fourth-order valence-corrected chi connectivity index (χ4v) is 4.37. The monoisotopic (exact) mass is 345 g/mol. The minimum absolute atomic E-state index is 0.0187. The van der Waals surface area contributed by atoms with Crippen LogP contribution in [0.2, 0.25) is 5.02 Å². The van der Waals surface area contributed by atoms with Gasteiger partial charge < -0.3 is 5.11 Å². The van der Waals surface area contributed by atoms with Gasteiger partial charge in [-0.1, -0.05) is 17.7 Å². The Morgan fingerprint density at radius 2 is 1.95 bits per heavy atom. The highest BCUT2D eigenvalue weighted by Crippen LogP contribution is 2.28. The molecule has 0 aliphatic carbocycles. The Kier molecular flexibility index (Phi) is 4.27. The maximum Gasteiger partial charge on any atom is 0.345 e. The van der Waals surface area contributed by atoms with E-state index in [4.69, 9.17) is 16.7 Å². The molecule has 0 aliphatic heterocycles. The van der Waals surface area contributed by atoms with Gasteiger partial charge in [-0.05, 0) is 37.6 Å². The molecule has 2 N–H and O–H groups in total. The molecular weight excluding hydrogens is 334 g/mol. The third-order valence-corrected chi connectivity index (χ3v) is 5.88. The Balaban J connectivity index is 2.38. The Labute approximate surface area is 131 Å². The molecule has 0 spiro atoms. The number of rotatable bonds is 4. The predicted octanol–water partition coefficient (Wildman–Crippen LogP) is 3.52. The van der Waals surface area contributed by atoms with Crippen molar-refractivity contribution in [1.82, 2.24) is 0 Å². The number of thiophene rings is 1. The quantitative estimate of drug-likeness (QED) is 0.888. The molecule has 0 bridgehead atoms. The number of nitrogens with one attached hydrogen (secondary N) is 1. The first-order valence-corrected chi connectivity index (χ1v) is 8.51. The molecule has 0 atom stereocenters. The van der Waals surface area contributed by atoms with Crippen molar-refractivity contribution in [3.63, 3.8) is 0 Å². The lowest BCUT2D eigenvalue weighted by Crippen LogP contribution is -2.13. The number of carboxylic acid groups (broad SMARTS) is 1. The molecule has 2 rings (SSSR count). The van der Waals surface area contributed by atoms with Crippen LogP contribution in [0, 0.1) is 13.8 Å². The molecular formula is C13H12ClNO4S2. The lowest BCUT2D eigenvalue weighted by Gasteiger charge is -2.08. The number of halogens is 1. The van der Waals surface area contributed by atoms with Crippen molar-refractivity contribution < 1.29 is 18.3 Å². The van der Waals surface area contributed by atoms with E-state index in [2.05, 4.69) is 4.72 Å². The van der Waals surface area contributed by atoms with Crippen LogP contribution in [0.4, 0.5) is 5.69 Å². The van der Waals surface area contributed by atoms with Crippen LogP contribution in [0.15, 0.2) is 29.2 Å². The Bertz CT molecular complexity index is 812. The highest BCUT2D eigenvalue weighted by molar-refractivity contribution is 7.93. The van der Waals surface area contributed by atoms with Gasteiger partial charge in [-0.3, -0.25) is 4.72 Å². The molecule has 0 amide bonds. The summed E-state index contributed by atoms with van der Waals surface area (Å²) in [6.07, 6.45) is 0. The van der Waals surface area contributed by atoms with Crippen molar-refractivity contribution in [2.75, 3.05) is 4.72 Å². The largest absolute Gasteiger partial charge is 0.477 e. The number of benzene rings is 1. The third kappa shape index (κ3) is 3.37. The predicted molar refractivity (Wildman–Crippen MR) is 83.0 cm³/mol. The molecule has 8 heteroatoms. The molecule has 0 fully saturated rings. The normalized spacial score (nSPS) is 11.4. The molecule has 21 heavy (non-hydrogen) atoms. The van der Waals surface area contributed by atoms with Crippen LogP contribution in [-0.4, -0.2) is 19.5 Å². The van der Waals surface area contributed by atoms with Crippen LogP contribution in [0.25, 0.3) is 0 Å². The average molecular weight is 346 g/mol. The van der Waals surface area contributed by atoms with Gasteiger partial charge in [0.15, 0.2) is 0 Å². The van der Waals surface area contributed by atoms with E-state index in [0.717, 1.165) is 23.0 Å². The molecule has 1 aromatic carbocycles. The second kappa shape index (κ2) is 5.67. The van der Waals surface area contributed by atoms with Crippen LogP contribution in [-0.2, 0) is 10.0 Å². The van der Waals surface area contributed by atoms with E-state index < -0.39 is 16.0 Å². The van der Waals surface area contributed by atoms with E-state index in [0.29, 0.717) is 15.6 Å². The van der Waals surface area contributed by atoms with Gasteiger partial charge in [-0.2, -0.15) is 0 Å². The summed E-state index contributed by atoms with van der Waals surface area (Å²) in [5.41, 5.74) is 1.16. The first-order valence-electron chi connectivity index (χ1n) is 5.83. The van der Waals surface area contributed by atoms with Crippen molar-refractivity contribution in [2.45, 2.75) is 18.7 Å². The smallest absolute Gasteiger partial charge is 0.345 e. The summed E-state index contributed by atoms with van der Waals surface area (Å²) in [6.45, 7) is 3.37. The zero-order chi connectivity index (χ0) is 15.8. The van der Waals surface area contributed by atoms with Crippen LogP contribution < -0.4 is 4.72 Å². The van der Waals surface area contributed by atoms with E-state index in [-0.39, 0.29) is 9.77 Å². The molecule has 112 valence electrons. The summed E-state index contributed by atoms with van der Waals surface area (Å²) in [6, 6.07) is 5.95. The molecule has 0 radical (unpaired) electrons. The summed E-state index contributed by atoms with van der Waals surface area (Å²) in [5, 5.41) is 9.37. The Morgan fingerprint density at radius 3 is 2.48 bits per heavy atom. The maximum absolute atomic E-state index is 12.3. The van der Waals surface area contributed by atoms with Gasteiger partial charge in [-0.25, -0.2) is 13.2 Å². The number of sulfonamides is 1. The molecule has 0 saturated carbocycles. The number of aromatic carboxylic acids is 1. The lowest BCUT2D eigenvalue weighted by molar-refractivity contribution is 0.0702. The fraction of sp³-hybridized carbons (Fsp3) is 0.154. The molecule has 0 unspecified atom stereocenters. The molecule has 5 nitrogen and oxygen atoms in total. The van der Waals surface area contributed by atoms with Crippen molar-refractivity contribution in [2.24, 2.45) is 0 Å². The molecule has 1 heterocycles. The van der Waals surface area contributed by atoms with E-state index in [1.807, 2.05) is 6.92 Å². The van der Waals surface area contributed by atoms with E-state index in [1.54, 1.807) is 19.1 Å². The van der Waals surface area contributed by atoms with E-state index >= 15 is 0 Å². The van der Waals surface area contributed by atoms with Gasteiger partial charge in [0.05, 0.1) is 5.69 Å². The van der Waals surface area contributed by atoms with Crippen molar-refractivity contribution in [3.05, 3.63) is 44.6 Å². The highest BCUT2D eigenvalue weighted by Gasteiger charge is 2.22. The minimum atomic E-state index is -3.85. The fourth-order valence-electron chi connectivity index (χ4n) is 1.70. The van der Waals surface area contributed by atoms with Gasteiger partial charge >= 0.3 is 5.97 Å². The SMILES string of the molecule is Cc1ccc(NS(=O)(=O)c2cc(C(=O)O)sc2C)cc1Cl. The number of hydrogen-bond donors (Lipinski definition) is 2. The Morgan fingerprint density at radius 1 is 1.29 bits per heavy atom. The van der Waals surface area contributed by atoms with Crippen molar-refractivity contribution >= 4 is 44.6 Å². The summed E-state index contributed by atoms with van der Waals surface area (Å²) in [5.74, 6) is -1.15. The van der Waals surface area contributed by atoms with E-state index in [9.17, 15) is 13.2 Å². The topological polar surface area (TPSA) is 83.5 Å². The second-order valence-corrected chi connectivity index (χ2v) is 7.72. The first-order chi connectivity index (χ1) is 9.70. The summed E-state index contributed by atoms with van der Waals surface area (Å²) >= 11 is 6.88. The minimum Gasteiger partial charge on any atom is -0.477 e. The Hall–Kier alpha value is -1.57. The van der Waals surface area contributed by atoms with Gasteiger partial charge in [0.1, 0.15) is 9.77 Å². The number of carbonyl (C=O) groups is 1. The van der Waals surface area contributed by atoms with Crippen LogP contribution in [0.5, 0.6) is 0 Å². The van der Waals surface area contributed by atoms with Gasteiger partial charge in [0, 0.05) is 9.90 Å². The maximum atomic E-state index is 12.3. The number of aryl methyl sites for hydroxylation is 2. The third-order valence-electron chi connectivity index (χ3n) is 2.80. The number of carboxylic acids is 1. The first kappa shape index (κ1) is 15.8. The summed E-state index contributed by atoms with van der Waals surface area (Å²) in [4.78, 5) is 11.3. The second-order valence-electron chi connectivity index (χ2n) is 4.41. The van der Waals surface area contributed by atoms with Crippen LogP contribution in [0.1, 0.15) is 20.1 Å². The van der Waals surface area contributed by atoms with Crippen LogP contribution >= 0.6 is 22.9 Å². The average Bonchev–Trinajstić information content (AvgIpc) is 2.77. The zero-order valence-electron chi connectivity index (χ0n) is 11.2. The molecule has 0 saturated heterocycles. The van der Waals surface area contributed by atoms with Gasteiger partial charge in [0.25, 0.3) is 10.0 Å². The van der Waals surface area contributed by atoms with E-state index in [1.165, 1.54) is 6.07 Å². The summed E-state index contributed by atoms with van der Waals surface area (Å²) in [7, 11) is -3.85. The van der Waals surface area contributed by atoms with Crippen molar-refractivity contribution in [3.8, 4) is 0 Å².